The lowest BCUT2D eigenvalue weighted by Gasteiger charge is -2.36. The molecule has 0 bridgehead atoms. The van der Waals surface area contributed by atoms with Crippen LogP contribution in [-0.4, -0.2) is 60.4 Å². The van der Waals surface area contributed by atoms with Gasteiger partial charge in [-0.1, -0.05) is 48.0 Å². The second kappa shape index (κ2) is 11.6. The molecule has 5 rings (SSSR count). The number of urea groups is 1. The summed E-state index contributed by atoms with van der Waals surface area (Å²) in [5.41, 5.74) is 6.13. The van der Waals surface area contributed by atoms with Gasteiger partial charge in [-0.05, 0) is 69.0 Å². The number of carbonyl (C=O) groups is 2. The molecule has 214 valence electrons. The van der Waals surface area contributed by atoms with E-state index >= 15 is 0 Å². The molecule has 2 heterocycles. The van der Waals surface area contributed by atoms with Crippen LogP contribution in [0.15, 0.2) is 65.7 Å². The number of aryl methyl sites for hydroxylation is 3. The summed E-state index contributed by atoms with van der Waals surface area (Å²) in [6, 6.07) is 19.1. The smallest absolute Gasteiger partial charge is 0.326 e. The lowest BCUT2D eigenvalue weighted by Crippen LogP contribution is -2.55. The van der Waals surface area contributed by atoms with Gasteiger partial charge in [-0.3, -0.25) is 14.7 Å². The number of benzene rings is 3. The summed E-state index contributed by atoms with van der Waals surface area (Å²) >= 11 is 0. The molecule has 0 radical (unpaired) electrons. The van der Waals surface area contributed by atoms with E-state index in [2.05, 4.69) is 43.4 Å². The number of hydrogen-bond donors (Lipinski definition) is 1. The van der Waals surface area contributed by atoms with Gasteiger partial charge in [0.1, 0.15) is 29.9 Å². The van der Waals surface area contributed by atoms with Gasteiger partial charge in [0, 0.05) is 19.2 Å². The van der Waals surface area contributed by atoms with Gasteiger partial charge in [0.05, 0.1) is 24.8 Å². The Kier molecular flexibility index (Phi) is 8.01. The molecule has 0 spiro atoms. The number of amides is 3. The Balaban J connectivity index is 1.73. The summed E-state index contributed by atoms with van der Waals surface area (Å²) in [6.45, 7) is 11.0. The maximum absolute atomic E-state index is 14.5. The number of ether oxygens (including phenoxy) is 2. The number of nitrogens with zero attached hydrogens (tertiary/aromatic N) is 3. The number of piperazine rings is 1. The SMILES string of the molecule is COc1ccc(C2=N[C@H](c3ccc(C)c(C)c3)[C@@H](c3cccc(C)c3)N2C(=O)N2CCNC(=O)C2)c(OC(C)C)c1. The van der Waals surface area contributed by atoms with Crippen molar-refractivity contribution in [3.8, 4) is 11.5 Å². The molecule has 41 heavy (non-hydrogen) atoms. The summed E-state index contributed by atoms with van der Waals surface area (Å²) in [6.07, 6.45) is -0.110. The van der Waals surface area contributed by atoms with Crippen molar-refractivity contribution in [3.63, 3.8) is 0 Å². The zero-order valence-corrected chi connectivity index (χ0v) is 24.6. The van der Waals surface area contributed by atoms with Gasteiger partial charge in [-0.25, -0.2) is 4.79 Å². The van der Waals surface area contributed by atoms with E-state index in [0.29, 0.717) is 36.0 Å². The molecule has 8 nitrogen and oxygen atoms in total. The van der Waals surface area contributed by atoms with Crippen LogP contribution >= 0.6 is 0 Å². The Morgan fingerprint density at radius 3 is 2.49 bits per heavy atom. The number of methoxy groups -OCH3 is 1. The van der Waals surface area contributed by atoms with Crippen molar-refractivity contribution in [2.45, 2.75) is 52.8 Å². The summed E-state index contributed by atoms with van der Waals surface area (Å²) in [4.78, 5) is 35.5. The van der Waals surface area contributed by atoms with Crippen molar-refractivity contribution in [1.82, 2.24) is 15.1 Å². The third-order valence-corrected chi connectivity index (χ3v) is 7.63. The lowest BCUT2D eigenvalue weighted by molar-refractivity contribution is -0.123. The number of hydrogen-bond acceptors (Lipinski definition) is 5. The van der Waals surface area contributed by atoms with Gasteiger partial charge in [-0.2, -0.15) is 0 Å². The quantitative estimate of drug-likeness (QED) is 0.436. The first-order chi connectivity index (χ1) is 19.7. The molecule has 3 aromatic rings. The van der Waals surface area contributed by atoms with Crippen molar-refractivity contribution in [1.29, 1.82) is 0 Å². The highest BCUT2D eigenvalue weighted by molar-refractivity contribution is 6.11. The van der Waals surface area contributed by atoms with Gasteiger partial charge >= 0.3 is 6.03 Å². The van der Waals surface area contributed by atoms with E-state index in [-0.39, 0.29) is 30.6 Å². The predicted octanol–water partition coefficient (Wildman–Crippen LogP) is 5.50. The van der Waals surface area contributed by atoms with Crippen LogP contribution in [0.1, 0.15) is 59.3 Å². The Bertz CT molecular complexity index is 1500. The first kappa shape index (κ1) is 28.2. The molecule has 2 atom stereocenters. The minimum atomic E-state index is -0.432. The molecular weight excluding hydrogens is 516 g/mol. The molecule has 0 aromatic heterocycles. The Labute approximate surface area is 242 Å². The minimum absolute atomic E-state index is 0.00454. The van der Waals surface area contributed by atoms with E-state index in [1.807, 2.05) is 57.2 Å². The molecular formula is C33H38N4O4. The molecule has 2 aliphatic heterocycles. The van der Waals surface area contributed by atoms with Gasteiger partial charge in [0.25, 0.3) is 0 Å². The molecule has 1 saturated heterocycles. The number of nitrogens with one attached hydrogen (secondary N) is 1. The summed E-state index contributed by atoms with van der Waals surface area (Å²) in [5.74, 6) is 1.56. The van der Waals surface area contributed by atoms with Gasteiger partial charge < -0.3 is 19.7 Å². The van der Waals surface area contributed by atoms with Crippen LogP contribution in [0.25, 0.3) is 0 Å². The standard InChI is InChI=1S/C33H38N4O4/c1-20(2)41-28-18-26(40-6)12-13-27(28)32-35-30(24-11-10-22(4)23(5)17-24)31(25-9-7-8-21(3)16-25)37(32)33(39)36-15-14-34-29(38)19-36/h7-13,16-18,20,30-31H,14-15,19H2,1-6H3,(H,34,38)/t30-,31-/m1/s1. The molecule has 0 saturated carbocycles. The van der Waals surface area contributed by atoms with E-state index < -0.39 is 6.04 Å². The summed E-state index contributed by atoms with van der Waals surface area (Å²) in [7, 11) is 1.61. The fourth-order valence-electron chi connectivity index (χ4n) is 5.46. The van der Waals surface area contributed by atoms with Crippen LogP contribution in [-0.2, 0) is 4.79 Å². The molecule has 3 amide bonds. The van der Waals surface area contributed by atoms with Crippen molar-refractivity contribution in [2.75, 3.05) is 26.7 Å². The maximum Gasteiger partial charge on any atom is 0.326 e. The average Bonchev–Trinajstić information content (AvgIpc) is 3.34. The molecule has 8 heteroatoms. The lowest BCUT2D eigenvalue weighted by atomic mass is 9.91. The Morgan fingerprint density at radius 1 is 1.00 bits per heavy atom. The first-order valence-electron chi connectivity index (χ1n) is 14.1. The van der Waals surface area contributed by atoms with E-state index in [9.17, 15) is 9.59 Å². The van der Waals surface area contributed by atoms with Crippen LogP contribution in [0.5, 0.6) is 11.5 Å². The second-order valence-corrected chi connectivity index (χ2v) is 11.1. The number of carbonyl (C=O) groups excluding carboxylic acids is 2. The molecule has 1 fully saturated rings. The fourth-order valence-corrected chi connectivity index (χ4v) is 5.46. The van der Waals surface area contributed by atoms with Crippen LogP contribution in [0, 0.1) is 20.8 Å². The van der Waals surface area contributed by atoms with E-state index in [0.717, 1.165) is 22.3 Å². The second-order valence-electron chi connectivity index (χ2n) is 11.1. The third kappa shape index (κ3) is 5.78. The largest absolute Gasteiger partial charge is 0.497 e. The average molecular weight is 555 g/mol. The van der Waals surface area contributed by atoms with Crippen LogP contribution in [0.2, 0.25) is 0 Å². The van der Waals surface area contributed by atoms with Crippen LogP contribution < -0.4 is 14.8 Å². The highest BCUT2D eigenvalue weighted by Gasteiger charge is 2.45. The monoisotopic (exact) mass is 554 g/mol. The highest BCUT2D eigenvalue weighted by Crippen LogP contribution is 2.46. The van der Waals surface area contributed by atoms with Gasteiger partial charge in [0.2, 0.25) is 5.91 Å². The summed E-state index contributed by atoms with van der Waals surface area (Å²) in [5, 5.41) is 2.82. The van der Waals surface area contributed by atoms with E-state index in [1.165, 1.54) is 5.56 Å². The van der Waals surface area contributed by atoms with Crippen LogP contribution in [0.3, 0.4) is 0 Å². The van der Waals surface area contributed by atoms with Gasteiger partial charge in [0.15, 0.2) is 0 Å². The zero-order valence-electron chi connectivity index (χ0n) is 24.6. The molecule has 1 N–H and O–H groups in total. The molecule has 3 aromatic carbocycles. The Morgan fingerprint density at radius 2 is 1.80 bits per heavy atom. The van der Waals surface area contributed by atoms with E-state index in [1.54, 1.807) is 16.9 Å². The Hall–Kier alpha value is -4.33. The van der Waals surface area contributed by atoms with Crippen molar-refractivity contribution in [2.24, 2.45) is 4.99 Å². The number of amidine groups is 1. The highest BCUT2D eigenvalue weighted by atomic mass is 16.5. The van der Waals surface area contributed by atoms with Crippen molar-refractivity contribution < 1.29 is 19.1 Å². The summed E-state index contributed by atoms with van der Waals surface area (Å²) < 4.78 is 11.8. The first-order valence-corrected chi connectivity index (χ1v) is 14.1. The fraction of sp³-hybridized carbons (Fsp3) is 0.364. The van der Waals surface area contributed by atoms with Gasteiger partial charge in [-0.15, -0.1) is 0 Å². The topological polar surface area (TPSA) is 83.5 Å². The number of aliphatic imine (C=N–C) groups is 1. The number of rotatable bonds is 6. The molecule has 0 unspecified atom stereocenters. The minimum Gasteiger partial charge on any atom is -0.497 e. The zero-order chi connectivity index (χ0) is 29.3. The van der Waals surface area contributed by atoms with E-state index in [4.69, 9.17) is 14.5 Å². The van der Waals surface area contributed by atoms with Crippen LogP contribution in [0.4, 0.5) is 4.79 Å². The van der Waals surface area contributed by atoms with Crippen molar-refractivity contribution in [3.05, 3.63) is 94.0 Å². The third-order valence-electron chi connectivity index (χ3n) is 7.63. The maximum atomic E-state index is 14.5. The predicted molar refractivity (Wildman–Crippen MR) is 160 cm³/mol. The normalized spacial score (nSPS) is 18.8. The van der Waals surface area contributed by atoms with Crippen molar-refractivity contribution >= 4 is 17.8 Å². The molecule has 2 aliphatic rings. The molecule has 0 aliphatic carbocycles.